The Morgan fingerprint density at radius 2 is 1.30 bits per heavy atom. The van der Waals surface area contributed by atoms with Crippen LogP contribution in [0.3, 0.4) is 0 Å². The summed E-state index contributed by atoms with van der Waals surface area (Å²) in [5, 5.41) is 13.7. The SMILES string of the molecule is CC(C)(C)OC(=O)N1CCCC1CCCC(=O)c1noc2c1CN(c1ncnc3[nH]ccc13)CC2.O=C(CCCC1CCCN1)c1noc2c1CN(c1ncnc3[nH]ccc13)CC2.O=CC(F)(F)F. The quantitative estimate of drug-likeness (QED) is 0.0790. The topological polar surface area (TPSA) is 234 Å². The van der Waals surface area contributed by atoms with Crippen LogP contribution in [0.5, 0.6) is 0 Å². The van der Waals surface area contributed by atoms with E-state index < -0.39 is 18.1 Å². The summed E-state index contributed by atoms with van der Waals surface area (Å²) in [6.07, 6.45) is 10.9. The summed E-state index contributed by atoms with van der Waals surface area (Å²) in [5.74, 6) is 3.38. The first kappa shape index (κ1) is 48.7. The molecule has 368 valence electrons. The molecule has 3 N–H and O–H groups in total. The molecule has 0 aromatic carbocycles. The van der Waals surface area contributed by atoms with Gasteiger partial charge >= 0.3 is 12.3 Å². The Hall–Kier alpha value is -6.71. The number of carbonyl (C=O) groups excluding carboxylic acids is 4. The molecular weight excluding hydrogens is 902 g/mol. The lowest BCUT2D eigenvalue weighted by molar-refractivity contribution is -0.156. The van der Waals surface area contributed by atoms with E-state index in [2.05, 4.69) is 55.3 Å². The number of alkyl halides is 3. The molecule has 6 aromatic heterocycles. The number of ketones is 2. The van der Waals surface area contributed by atoms with E-state index in [0.717, 1.165) is 115 Å². The van der Waals surface area contributed by atoms with Gasteiger partial charge in [0.1, 0.15) is 52.7 Å². The average Bonchev–Trinajstić information content (AvgIpc) is 4.19. The van der Waals surface area contributed by atoms with Gasteiger partial charge in [-0.1, -0.05) is 10.3 Å². The second kappa shape index (κ2) is 21.3. The number of aromatic nitrogens is 8. The van der Waals surface area contributed by atoms with E-state index in [1.54, 1.807) is 12.7 Å². The first-order valence-corrected chi connectivity index (χ1v) is 23.5. The zero-order valence-electron chi connectivity index (χ0n) is 38.9. The smallest absolute Gasteiger partial charge is 0.444 e. The van der Waals surface area contributed by atoms with Crippen molar-refractivity contribution in [3.63, 3.8) is 0 Å². The maximum atomic E-state index is 13.1. The largest absolute Gasteiger partial charge is 0.446 e. The van der Waals surface area contributed by atoms with Crippen LogP contribution in [0.4, 0.5) is 29.6 Å². The highest BCUT2D eigenvalue weighted by atomic mass is 19.4. The number of aromatic amines is 2. The molecule has 2 unspecified atom stereocenters. The summed E-state index contributed by atoms with van der Waals surface area (Å²) in [6, 6.07) is 4.62. The Bertz CT molecular complexity index is 2730. The molecule has 2 saturated heterocycles. The summed E-state index contributed by atoms with van der Waals surface area (Å²) in [7, 11) is 0. The number of likely N-dealkylation sites (tertiary alicyclic amines) is 1. The number of carbonyl (C=O) groups is 4. The van der Waals surface area contributed by atoms with E-state index >= 15 is 0 Å². The molecule has 4 aliphatic heterocycles. The van der Waals surface area contributed by atoms with Crippen molar-refractivity contribution < 1.29 is 46.1 Å². The fraction of sp³-hybridized carbons (Fsp3) is 0.532. The van der Waals surface area contributed by atoms with Crippen LogP contribution in [0.15, 0.2) is 46.2 Å². The zero-order valence-corrected chi connectivity index (χ0v) is 38.9. The molecular formula is C47H57F3N12O7. The molecule has 69 heavy (non-hydrogen) atoms. The Balaban J connectivity index is 0.000000169. The molecule has 0 radical (unpaired) electrons. The Morgan fingerprint density at radius 1 is 0.768 bits per heavy atom. The van der Waals surface area contributed by atoms with Crippen molar-refractivity contribution in [2.75, 3.05) is 36.0 Å². The van der Waals surface area contributed by atoms with Crippen LogP contribution in [0.25, 0.3) is 22.1 Å². The molecule has 0 aliphatic carbocycles. The molecule has 0 saturated carbocycles. The molecule has 22 heteroatoms. The number of anilines is 2. The van der Waals surface area contributed by atoms with Gasteiger partial charge in [0, 0.05) is 80.9 Å². The first-order chi connectivity index (χ1) is 33.2. The minimum absolute atomic E-state index is 0.0202. The number of halogens is 3. The molecule has 19 nitrogen and oxygen atoms in total. The van der Waals surface area contributed by atoms with E-state index in [1.165, 1.54) is 12.8 Å². The summed E-state index contributed by atoms with van der Waals surface area (Å²) < 4.78 is 47.8. The number of ether oxygens (including phenoxy) is 1. The van der Waals surface area contributed by atoms with Gasteiger partial charge < -0.3 is 43.8 Å². The third kappa shape index (κ3) is 11.9. The lowest BCUT2D eigenvalue weighted by Crippen LogP contribution is -2.39. The molecule has 10 rings (SSSR count). The molecule has 2 atom stereocenters. The molecule has 6 aromatic rings. The minimum Gasteiger partial charge on any atom is -0.444 e. The van der Waals surface area contributed by atoms with Crippen LogP contribution in [0, 0.1) is 0 Å². The van der Waals surface area contributed by atoms with Crippen molar-refractivity contribution in [1.29, 1.82) is 0 Å². The van der Waals surface area contributed by atoms with Gasteiger partial charge in [-0.15, -0.1) is 0 Å². The van der Waals surface area contributed by atoms with Crippen molar-refractivity contribution in [2.24, 2.45) is 0 Å². The average molecular weight is 959 g/mol. The van der Waals surface area contributed by atoms with Gasteiger partial charge in [0.15, 0.2) is 23.0 Å². The van der Waals surface area contributed by atoms with Gasteiger partial charge in [0.2, 0.25) is 6.29 Å². The highest BCUT2D eigenvalue weighted by Gasteiger charge is 2.34. The molecule has 4 aliphatic rings. The van der Waals surface area contributed by atoms with E-state index in [0.29, 0.717) is 62.7 Å². The van der Waals surface area contributed by atoms with Crippen molar-refractivity contribution in [3.8, 4) is 0 Å². The molecule has 1 amide bonds. The zero-order chi connectivity index (χ0) is 48.7. The lowest BCUT2D eigenvalue weighted by atomic mass is 10.00. The maximum Gasteiger partial charge on any atom is 0.446 e. The second-order valence-corrected chi connectivity index (χ2v) is 18.6. The van der Waals surface area contributed by atoms with E-state index in [1.807, 2.05) is 50.2 Å². The number of nitrogens with zero attached hydrogens (tertiary/aromatic N) is 9. The summed E-state index contributed by atoms with van der Waals surface area (Å²) >= 11 is 0. The highest BCUT2D eigenvalue weighted by molar-refractivity contribution is 5.97. The number of hydrogen-bond acceptors (Lipinski definition) is 16. The Labute approximate surface area is 395 Å². The summed E-state index contributed by atoms with van der Waals surface area (Å²) in [6.45, 7) is 10.0. The first-order valence-electron chi connectivity index (χ1n) is 23.5. The number of hydrogen-bond donors (Lipinski definition) is 3. The number of amides is 1. The predicted octanol–water partition coefficient (Wildman–Crippen LogP) is 7.62. The summed E-state index contributed by atoms with van der Waals surface area (Å²) in [5.41, 5.74) is 3.77. The van der Waals surface area contributed by atoms with Crippen LogP contribution in [-0.2, 0) is 35.5 Å². The Kier molecular flexibility index (Phi) is 15.0. The van der Waals surface area contributed by atoms with Crippen molar-refractivity contribution in [1.82, 2.24) is 50.4 Å². The van der Waals surface area contributed by atoms with Crippen LogP contribution in [-0.4, -0.2) is 119 Å². The number of H-pyrrole nitrogens is 2. The number of fused-ring (bicyclic) bond motifs is 4. The monoisotopic (exact) mass is 958 g/mol. The van der Waals surface area contributed by atoms with Crippen LogP contribution >= 0.6 is 0 Å². The van der Waals surface area contributed by atoms with Crippen LogP contribution in [0.1, 0.15) is 129 Å². The predicted molar refractivity (Wildman–Crippen MR) is 246 cm³/mol. The van der Waals surface area contributed by atoms with Gasteiger partial charge in [-0.2, -0.15) is 13.2 Å². The number of nitrogens with one attached hydrogen (secondary N) is 3. The van der Waals surface area contributed by atoms with Gasteiger partial charge in [-0.25, -0.2) is 24.7 Å². The molecule has 0 spiro atoms. The molecule has 10 heterocycles. The van der Waals surface area contributed by atoms with Gasteiger partial charge in [0.05, 0.1) is 23.9 Å². The fourth-order valence-corrected chi connectivity index (χ4v) is 9.38. The third-order valence-electron chi connectivity index (χ3n) is 12.6. The van der Waals surface area contributed by atoms with Gasteiger partial charge in [0.25, 0.3) is 0 Å². The van der Waals surface area contributed by atoms with E-state index in [9.17, 15) is 27.6 Å². The number of Topliss-reactive ketones (excluding diaryl/α,β-unsaturated/α-hetero) is 2. The van der Waals surface area contributed by atoms with Crippen molar-refractivity contribution in [2.45, 2.75) is 135 Å². The summed E-state index contributed by atoms with van der Waals surface area (Å²) in [4.78, 5) is 77.0. The van der Waals surface area contributed by atoms with E-state index in [4.69, 9.17) is 18.6 Å². The highest BCUT2D eigenvalue weighted by Crippen LogP contribution is 2.33. The van der Waals surface area contributed by atoms with Crippen molar-refractivity contribution in [3.05, 3.63) is 71.2 Å². The number of rotatable bonds is 12. The lowest BCUT2D eigenvalue weighted by Gasteiger charge is -2.28. The third-order valence-corrected chi connectivity index (χ3v) is 12.6. The van der Waals surface area contributed by atoms with Crippen molar-refractivity contribution >= 4 is 57.6 Å². The number of aldehydes is 1. The maximum absolute atomic E-state index is 13.1. The minimum atomic E-state index is -4.64. The molecule has 2 fully saturated rings. The Morgan fingerprint density at radius 3 is 1.80 bits per heavy atom. The van der Waals surface area contributed by atoms with Crippen LogP contribution in [0.2, 0.25) is 0 Å². The van der Waals surface area contributed by atoms with E-state index in [-0.39, 0.29) is 23.7 Å². The van der Waals surface area contributed by atoms with Crippen LogP contribution < -0.4 is 15.1 Å². The fourth-order valence-electron chi connectivity index (χ4n) is 9.38. The molecule has 0 bridgehead atoms. The van der Waals surface area contributed by atoms with Gasteiger partial charge in [-0.05, 0) is 90.8 Å². The second-order valence-electron chi connectivity index (χ2n) is 18.6. The normalized spacial score (nSPS) is 18.0. The van der Waals surface area contributed by atoms with Gasteiger partial charge in [-0.3, -0.25) is 14.4 Å². The standard InChI is InChI=1S/C25H32N6O4.C20H24N6O2.C2HF3O/c1-25(2,3)34-24(33)31-12-5-7-16(31)6-4-8-19(32)21-18-14-30(13-10-20(18)35-29-21)23-17-9-11-26-22(17)27-15-28-23;27-16(5-1-3-13-4-2-8-21-13)18-15-11-26(10-7-17(15)28-25-18)20-14-6-9-22-19(14)23-12-24-20;3-2(4,5)1-6/h9,11,15-16H,4-8,10,12-14H2,1-3H3,(H,26,27,28);6,9,12-13,21H,1-5,7-8,10-11H2,(H,22,23,24);1H.